The molecule has 0 saturated heterocycles. The first kappa shape index (κ1) is 27.4. The zero-order valence-electron chi connectivity index (χ0n) is 25.8. The van der Waals surface area contributed by atoms with E-state index < -0.39 is 0 Å². The van der Waals surface area contributed by atoms with E-state index in [9.17, 15) is 10.5 Å². The van der Waals surface area contributed by atoms with Crippen molar-refractivity contribution in [2.45, 2.75) is 0 Å². The van der Waals surface area contributed by atoms with Crippen molar-refractivity contribution < 1.29 is 0 Å². The molecule has 0 aliphatic heterocycles. The molecule has 2 heterocycles. The van der Waals surface area contributed by atoms with Crippen LogP contribution in [0.25, 0.3) is 77.2 Å². The van der Waals surface area contributed by atoms with Gasteiger partial charge in [0.1, 0.15) is 0 Å². The van der Waals surface area contributed by atoms with E-state index in [0.717, 1.165) is 66.5 Å². The quantitative estimate of drug-likeness (QED) is 0.199. The fourth-order valence-electron chi connectivity index (χ4n) is 7.35. The zero-order valence-corrected chi connectivity index (χ0v) is 25.8. The minimum absolute atomic E-state index is 0.624. The minimum atomic E-state index is 0.624. The lowest BCUT2D eigenvalue weighted by atomic mass is 9.98. The Morgan fingerprint density at radius 3 is 1.54 bits per heavy atom. The molecule has 2 aromatic heterocycles. The predicted molar refractivity (Wildman–Crippen MR) is 195 cm³/mol. The third kappa shape index (κ3) is 4.07. The Kier molecular flexibility index (Phi) is 6.22. The molecule has 4 nitrogen and oxygen atoms in total. The first-order chi connectivity index (χ1) is 23.7. The fraction of sp³-hybridized carbons (Fsp3) is 0. The Morgan fingerprint density at radius 2 is 0.917 bits per heavy atom. The molecule has 0 amide bonds. The molecule has 9 aromatic rings. The topological polar surface area (TPSA) is 57.4 Å². The summed E-state index contributed by atoms with van der Waals surface area (Å²) in [7, 11) is 0. The minimum Gasteiger partial charge on any atom is -0.309 e. The van der Waals surface area contributed by atoms with Gasteiger partial charge in [-0.1, -0.05) is 109 Å². The summed E-state index contributed by atoms with van der Waals surface area (Å²) < 4.78 is 4.66. The number of para-hydroxylation sites is 4. The summed E-state index contributed by atoms with van der Waals surface area (Å²) in [6.07, 6.45) is 0. The highest BCUT2D eigenvalue weighted by atomic mass is 15.0. The summed E-state index contributed by atoms with van der Waals surface area (Å²) in [5.74, 6) is 0. The van der Waals surface area contributed by atoms with Crippen molar-refractivity contribution in [3.63, 3.8) is 0 Å². The number of aromatic nitrogens is 2. The van der Waals surface area contributed by atoms with Crippen LogP contribution in [-0.4, -0.2) is 9.13 Å². The third-order valence-corrected chi connectivity index (χ3v) is 9.40. The van der Waals surface area contributed by atoms with Gasteiger partial charge in [-0.25, -0.2) is 0 Å². The van der Waals surface area contributed by atoms with Crippen LogP contribution in [0.5, 0.6) is 0 Å². The van der Waals surface area contributed by atoms with E-state index in [0.29, 0.717) is 11.1 Å². The molecule has 222 valence electrons. The van der Waals surface area contributed by atoms with E-state index in [4.69, 9.17) is 0 Å². The van der Waals surface area contributed by atoms with E-state index in [1.165, 1.54) is 10.8 Å². The van der Waals surface area contributed by atoms with Crippen LogP contribution in [0.3, 0.4) is 0 Å². The monoisotopic (exact) mass is 610 g/mol. The molecule has 4 heteroatoms. The number of fused-ring (bicyclic) bond motifs is 6. The molecule has 7 aromatic carbocycles. The van der Waals surface area contributed by atoms with E-state index in [-0.39, 0.29) is 0 Å². The Bertz CT molecular complexity index is 2800. The summed E-state index contributed by atoms with van der Waals surface area (Å²) in [6, 6.07) is 58.9. The maximum Gasteiger partial charge on any atom is 0.0998 e. The van der Waals surface area contributed by atoms with E-state index in [1.807, 2.05) is 42.5 Å². The first-order valence-electron chi connectivity index (χ1n) is 15.9. The van der Waals surface area contributed by atoms with Gasteiger partial charge in [0, 0.05) is 44.0 Å². The molecule has 0 bridgehead atoms. The summed E-state index contributed by atoms with van der Waals surface area (Å²) in [5, 5.41) is 24.2. The standard InChI is InChI=1S/C44H26N4/c45-27-29-10-7-12-33(26-29)48-42-21-6-4-15-36(42)38-17-9-19-40(44(38)48)39-18-8-16-37-35-14-3-5-20-41(35)47(43(37)39)32-24-22-30(23-25-32)34-13-2-1-11-31(34)28-46/h1-26H. The molecule has 0 radical (unpaired) electrons. The highest BCUT2D eigenvalue weighted by Crippen LogP contribution is 2.43. The summed E-state index contributed by atoms with van der Waals surface area (Å²) in [6.45, 7) is 0. The Morgan fingerprint density at radius 1 is 0.396 bits per heavy atom. The van der Waals surface area contributed by atoms with Gasteiger partial charge in [0.05, 0.1) is 45.3 Å². The molecule has 0 aliphatic carbocycles. The lowest BCUT2D eigenvalue weighted by Gasteiger charge is -2.15. The average Bonchev–Trinajstić information content (AvgIpc) is 3.68. The largest absolute Gasteiger partial charge is 0.309 e. The van der Waals surface area contributed by atoms with Crippen LogP contribution in [0.1, 0.15) is 11.1 Å². The highest BCUT2D eigenvalue weighted by Gasteiger charge is 2.21. The summed E-state index contributed by atoms with van der Waals surface area (Å²) in [4.78, 5) is 0. The van der Waals surface area contributed by atoms with Gasteiger partial charge in [0.2, 0.25) is 0 Å². The molecular formula is C44H26N4. The SMILES string of the molecule is N#Cc1cccc(-n2c3ccccc3c3cccc(-c4cccc5c6ccccc6n(-c6ccc(-c7ccccc7C#N)cc6)c45)c32)c1. The van der Waals surface area contributed by atoms with Gasteiger partial charge in [-0.3, -0.25) is 0 Å². The van der Waals surface area contributed by atoms with Gasteiger partial charge in [-0.2, -0.15) is 10.5 Å². The van der Waals surface area contributed by atoms with Crippen LogP contribution < -0.4 is 0 Å². The van der Waals surface area contributed by atoms with Gasteiger partial charge >= 0.3 is 0 Å². The number of hydrogen-bond acceptors (Lipinski definition) is 2. The van der Waals surface area contributed by atoms with Crippen LogP contribution in [0.4, 0.5) is 0 Å². The Hall–Kier alpha value is -6.88. The van der Waals surface area contributed by atoms with E-state index >= 15 is 0 Å². The van der Waals surface area contributed by atoms with E-state index in [2.05, 4.69) is 137 Å². The van der Waals surface area contributed by atoms with Crippen molar-refractivity contribution in [2.75, 3.05) is 0 Å². The van der Waals surface area contributed by atoms with Crippen LogP contribution in [0, 0.1) is 22.7 Å². The van der Waals surface area contributed by atoms with Crippen molar-refractivity contribution in [1.82, 2.24) is 9.13 Å². The molecule has 0 unspecified atom stereocenters. The second-order valence-electron chi connectivity index (χ2n) is 12.0. The maximum atomic E-state index is 9.78. The van der Waals surface area contributed by atoms with Crippen LogP contribution >= 0.6 is 0 Å². The number of rotatable bonds is 4. The molecule has 0 spiro atoms. The average molecular weight is 611 g/mol. The highest BCUT2D eigenvalue weighted by molar-refractivity contribution is 6.19. The van der Waals surface area contributed by atoms with Crippen molar-refractivity contribution in [3.8, 4) is 45.8 Å². The number of nitriles is 2. The van der Waals surface area contributed by atoms with Crippen molar-refractivity contribution in [3.05, 3.63) is 169 Å². The van der Waals surface area contributed by atoms with Crippen molar-refractivity contribution in [1.29, 1.82) is 10.5 Å². The lowest BCUT2D eigenvalue weighted by molar-refractivity contribution is 1.17. The van der Waals surface area contributed by atoms with Gasteiger partial charge in [-0.05, 0) is 59.7 Å². The summed E-state index contributed by atoms with van der Waals surface area (Å²) in [5.41, 5.74) is 11.9. The molecule has 0 N–H and O–H groups in total. The van der Waals surface area contributed by atoms with Gasteiger partial charge < -0.3 is 9.13 Å². The number of hydrogen-bond donors (Lipinski definition) is 0. The predicted octanol–water partition coefficient (Wildman–Crippen LogP) is 11.0. The molecular weight excluding hydrogens is 585 g/mol. The van der Waals surface area contributed by atoms with Crippen molar-refractivity contribution in [2.24, 2.45) is 0 Å². The van der Waals surface area contributed by atoms with Crippen LogP contribution in [0.15, 0.2) is 158 Å². The van der Waals surface area contributed by atoms with Crippen molar-refractivity contribution >= 4 is 43.6 Å². The number of nitrogens with zero attached hydrogens (tertiary/aromatic N) is 4. The molecule has 9 rings (SSSR count). The second-order valence-corrected chi connectivity index (χ2v) is 12.0. The number of benzene rings is 7. The van der Waals surface area contributed by atoms with Gasteiger partial charge in [-0.15, -0.1) is 0 Å². The maximum absolute atomic E-state index is 9.78. The molecule has 48 heavy (non-hydrogen) atoms. The smallest absolute Gasteiger partial charge is 0.0998 e. The van der Waals surface area contributed by atoms with E-state index in [1.54, 1.807) is 0 Å². The molecule has 0 fully saturated rings. The molecule has 0 atom stereocenters. The fourth-order valence-corrected chi connectivity index (χ4v) is 7.35. The first-order valence-corrected chi connectivity index (χ1v) is 15.9. The van der Waals surface area contributed by atoms with Crippen LogP contribution in [0.2, 0.25) is 0 Å². The normalized spacial score (nSPS) is 11.3. The van der Waals surface area contributed by atoms with Gasteiger partial charge in [0.25, 0.3) is 0 Å². The second kappa shape index (κ2) is 10.9. The Balaban J connectivity index is 1.36. The van der Waals surface area contributed by atoms with Crippen LogP contribution in [-0.2, 0) is 0 Å². The Labute approximate surface area is 277 Å². The third-order valence-electron chi connectivity index (χ3n) is 9.40. The lowest BCUT2D eigenvalue weighted by Crippen LogP contribution is -1.98. The zero-order chi connectivity index (χ0) is 32.2. The molecule has 0 aliphatic rings. The van der Waals surface area contributed by atoms with Gasteiger partial charge in [0.15, 0.2) is 0 Å². The molecule has 0 saturated carbocycles. The summed E-state index contributed by atoms with van der Waals surface area (Å²) >= 11 is 0.